The highest BCUT2D eigenvalue weighted by atomic mass is 19.4. The van der Waals surface area contributed by atoms with Crippen molar-refractivity contribution in [3.8, 4) is 0 Å². The summed E-state index contributed by atoms with van der Waals surface area (Å²) in [6, 6.07) is 15.4. The van der Waals surface area contributed by atoms with E-state index in [1.54, 1.807) is 12.1 Å². The largest absolute Gasteiger partial charge is 0.416 e. The monoisotopic (exact) mass is 320 g/mol. The number of benzene rings is 2. The number of hydrogen-bond acceptors (Lipinski definition) is 2. The molecule has 23 heavy (non-hydrogen) atoms. The molecule has 3 rings (SSSR count). The molecule has 1 heterocycles. The van der Waals surface area contributed by atoms with Gasteiger partial charge in [0.2, 0.25) is 0 Å². The molecule has 5 heteroatoms. The minimum atomic E-state index is -4.28. The second kappa shape index (κ2) is 6.62. The van der Waals surface area contributed by atoms with Gasteiger partial charge in [0, 0.05) is 37.8 Å². The average Bonchev–Trinajstić information content (AvgIpc) is 2.50. The summed E-state index contributed by atoms with van der Waals surface area (Å²) in [6.07, 6.45) is -4.28. The standard InChI is InChI=1S/C18H19F3N2/c19-18(20,21)16-8-6-14(7-9-16)12-23(13-15-10-22-11-15)17-4-2-1-3-5-17/h1-9,15,22H,10-13H2. The second-order valence-corrected chi connectivity index (χ2v) is 5.94. The van der Waals surface area contributed by atoms with Crippen molar-refractivity contribution in [1.29, 1.82) is 0 Å². The number of hydrogen-bond donors (Lipinski definition) is 1. The molecule has 0 atom stereocenters. The van der Waals surface area contributed by atoms with E-state index in [4.69, 9.17) is 0 Å². The first-order valence-corrected chi connectivity index (χ1v) is 7.69. The Kier molecular flexibility index (Phi) is 4.57. The second-order valence-electron chi connectivity index (χ2n) is 5.94. The zero-order valence-corrected chi connectivity index (χ0v) is 12.7. The van der Waals surface area contributed by atoms with E-state index in [9.17, 15) is 13.2 Å². The number of nitrogens with one attached hydrogen (secondary N) is 1. The zero-order chi connectivity index (χ0) is 16.3. The van der Waals surface area contributed by atoms with Crippen LogP contribution in [0, 0.1) is 5.92 Å². The van der Waals surface area contributed by atoms with Gasteiger partial charge in [-0.2, -0.15) is 13.2 Å². The van der Waals surface area contributed by atoms with E-state index in [2.05, 4.69) is 10.2 Å². The predicted molar refractivity (Wildman–Crippen MR) is 85.3 cm³/mol. The summed E-state index contributed by atoms with van der Waals surface area (Å²) < 4.78 is 38.0. The Labute approximate surface area is 133 Å². The molecule has 0 amide bonds. The molecule has 0 bridgehead atoms. The van der Waals surface area contributed by atoms with Crippen molar-refractivity contribution in [1.82, 2.24) is 5.32 Å². The van der Waals surface area contributed by atoms with Gasteiger partial charge in [-0.3, -0.25) is 0 Å². The van der Waals surface area contributed by atoms with Crippen LogP contribution in [0.2, 0.25) is 0 Å². The van der Waals surface area contributed by atoms with E-state index >= 15 is 0 Å². The maximum absolute atomic E-state index is 12.7. The summed E-state index contributed by atoms with van der Waals surface area (Å²) in [7, 11) is 0. The first-order valence-electron chi connectivity index (χ1n) is 7.69. The highest BCUT2D eigenvalue weighted by Gasteiger charge is 2.30. The number of halogens is 3. The van der Waals surface area contributed by atoms with E-state index in [1.165, 1.54) is 0 Å². The average molecular weight is 320 g/mol. The Morgan fingerprint density at radius 3 is 2.13 bits per heavy atom. The predicted octanol–water partition coefficient (Wildman–Crippen LogP) is 3.93. The van der Waals surface area contributed by atoms with E-state index in [1.807, 2.05) is 30.3 Å². The maximum atomic E-state index is 12.7. The number of rotatable bonds is 5. The van der Waals surface area contributed by atoms with Crippen LogP contribution in [0.25, 0.3) is 0 Å². The summed E-state index contributed by atoms with van der Waals surface area (Å²) >= 11 is 0. The van der Waals surface area contributed by atoms with Crippen molar-refractivity contribution < 1.29 is 13.2 Å². The third-order valence-corrected chi connectivity index (χ3v) is 4.12. The molecule has 1 aliphatic heterocycles. The lowest BCUT2D eigenvalue weighted by atomic mass is 10.0. The third-order valence-electron chi connectivity index (χ3n) is 4.12. The van der Waals surface area contributed by atoms with Gasteiger partial charge < -0.3 is 10.2 Å². The molecule has 1 aliphatic rings. The fourth-order valence-corrected chi connectivity index (χ4v) is 2.71. The van der Waals surface area contributed by atoms with Crippen molar-refractivity contribution in [3.63, 3.8) is 0 Å². The van der Waals surface area contributed by atoms with Gasteiger partial charge in [-0.25, -0.2) is 0 Å². The zero-order valence-electron chi connectivity index (χ0n) is 12.7. The van der Waals surface area contributed by atoms with Crippen molar-refractivity contribution in [2.75, 3.05) is 24.5 Å². The summed E-state index contributed by atoms with van der Waals surface area (Å²) in [6.45, 7) is 3.50. The quantitative estimate of drug-likeness (QED) is 0.898. The van der Waals surface area contributed by atoms with Gasteiger partial charge in [0.05, 0.1) is 5.56 Å². The molecule has 0 radical (unpaired) electrons. The van der Waals surface area contributed by atoms with E-state index in [-0.39, 0.29) is 0 Å². The van der Waals surface area contributed by atoms with E-state index in [0.29, 0.717) is 12.5 Å². The van der Waals surface area contributed by atoms with Crippen molar-refractivity contribution in [3.05, 3.63) is 65.7 Å². The Morgan fingerprint density at radius 2 is 1.61 bits per heavy atom. The van der Waals surface area contributed by atoms with Gasteiger partial charge in [-0.15, -0.1) is 0 Å². The highest BCUT2D eigenvalue weighted by Crippen LogP contribution is 2.29. The van der Waals surface area contributed by atoms with Gasteiger partial charge in [0.25, 0.3) is 0 Å². The molecule has 1 N–H and O–H groups in total. The van der Waals surface area contributed by atoms with Crippen LogP contribution in [0.1, 0.15) is 11.1 Å². The van der Waals surface area contributed by atoms with Gasteiger partial charge >= 0.3 is 6.18 Å². The Hall–Kier alpha value is -2.01. The molecule has 122 valence electrons. The van der Waals surface area contributed by atoms with Crippen LogP contribution in [-0.4, -0.2) is 19.6 Å². The minimum Gasteiger partial charge on any atom is -0.367 e. The molecule has 0 saturated carbocycles. The molecular formula is C18H19F3N2. The number of alkyl halides is 3. The maximum Gasteiger partial charge on any atom is 0.416 e. The lowest BCUT2D eigenvalue weighted by molar-refractivity contribution is -0.137. The summed E-state index contributed by atoms with van der Waals surface area (Å²) in [5.74, 6) is 0.588. The van der Waals surface area contributed by atoms with Crippen LogP contribution in [0.5, 0.6) is 0 Å². The number of anilines is 1. The van der Waals surface area contributed by atoms with Crippen LogP contribution in [0.4, 0.5) is 18.9 Å². The van der Waals surface area contributed by atoms with Gasteiger partial charge in [-0.05, 0) is 29.8 Å². The van der Waals surface area contributed by atoms with Crippen LogP contribution in [0.15, 0.2) is 54.6 Å². The molecule has 2 aromatic carbocycles. The van der Waals surface area contributed by atoms with E-state index < -0.39 is 11.7 Å². The number of nitrogens with zero attached hydrogens (tertiary/aromatic N) is 1. The Morgan fingerprint density at radius 1 is 0.957 bits per heavy atom. The molecule has 0 aliphatic carbocycles. The molecule has 0 spiro atoms. The van der Waals surface area contributed by atoms with Crippen LogP contribution < -0.4 is 10.2 Å². The molecule has 0 unspecified atom stereocenters. The summed E-state index contributed by atoms with van der Waals surface area (Å²) in [4.78, 5) is 2.23. The van der Waals surface area contributed by atoms with Crippen molar-refractivity contribution in [2.45, 2.75) is 12.7 Å². The van der Waals surface area contributed by atoms with Crippen LogP contribution in [0.3, 0.4) is 0 Å². The fourth-order valence-electron chi connectivity index (χ4n) is 2.71. The number of para-hydroxylation sites is 1. The van der Waals surface area contributed by atoms with Crippen molar-refractivity contribution in [2.24, 2.45) is 5.92 Å². The third kappa shape index (κ3) is 4.05. The molecule has 2 aromatic rings. The summed E-state index contributed by atoms with van der Waals surface area (Å²) in [5, 5.41) is 3.25. The Bertz CT molecular complexity index is 619. The Balaban J connectivity index is 1.75. The fraction of sp³-hybridized carbons (Fsp3) is 0.333. The first-order chi connectivity index (χ1) is 11.0. The van der Waals surface area contributed by atoms with Crippen LogP contribution in [-0.2, 0) is 12.7 Å². The van der Waals surface area contributed by atoms with Gasteiger partial charge in [-0.1, -0.05) is 30.3 Å². The topological polar surface area (TPSA) is 15.3 Å². The molecule has 2 nitrogen and oxygen atoms in total. The van der Waals surface area contributed by atoms with Gasteiger partial charge in [0.15, 0.2) is 0 Å². The molecule has 1 fully saturated rings. The minimum absolute atomic E-state index is 0.588. The molecule has 1 saturated heterocycles. The normalized spacial score (nSPS) is 15.3. The van der Waals surface area contributed by atoms with Crippen LogP contribution >= 0.6 is 0 Å². The lowest BCUT2D eigenvalue weighted by Gasteiger charge is -2.34. The molecule has 0 aromatic heterocycles. The smallest absolute Gasteiger partial charge is 0.367 e. The SMILES string of the molecule is FC(F)(F)c1ccc(CN(CC2CNC2)c2ccccc2)cc1. The molecular weight excluding hydrogens is 301 g/mol. The lowest BCUT2D eigenvalue weighted by Crippen LogP contribution is -2.48. The summed E-state index contributed by atoms with van der Waals surface area (Å²) in [5.41, 5.74) is 1.38. The highest BCUT2D eigenvalue weighted by molar-refractivity contribution is 5.47. The van der Waals surface area contributed by atoms with E-state index in [0.717, 1.165) is 43.0 Å². The van der Waals surface area contributed by atoms with Crippen molar-refractivity contribution >= 4 is 5.69 Å². The first kappa shape index (κ1) is 15.9. The van der Waals surface area contributed by atoms with Gasteiger partial charge in [0.1, 0.15) is 0 Å².